The van der Waals surface area contributed by atoms with Crippen LogP contribution in [0.25, 0.3) is 0 Å². The van der Waals surface area contributed by atoms with Gasteiger partial charge in [-0.2, -0.15) is 0 Å². The van der Waals surface area contributed by atoms with Crippen molar-refractivity contribution in [2.45, 2.75) is 6.92 Å². The smallest absolute Gasteiger partial charge is 0.255 e. The van der Waals surface area contributed by atoms with Crippen molar-refractivity contribution in [3.05, 3.63) is 62.8 Å². The summed E-state index contributed by atoms with van der Waals surface area (Å²) in [6, 6.07) is 9.34. The van der Waals surface area contributed by atoms with E-state index in [-0.39, 0.29) is 11.7 Å². The Morgan fingerprint density at radius 2 is 2.00 bits per heavy atom. The third-order valence-corrected chi connectivity index (χ3v) is 3.63. The number of aryl methyl sites for hydroxylation is 1. The zero-order valence-electron chi connectivity index (χ0n) is 10.0. The minimum absolute atomic E-state index is 0.291. The van der Waals surface area contributed by atoms with Gasteiger partial charge in [0.05, 0.1) is 4.47 Å². The Morgan fingerprint density at radius 1 is 1.26 bits per heavy atom. The van der Waals surface area contributed by atoms with Crippen molar-refractivity contribution in [2.24, 2.45) is 0 Å². The van der Waals surface area contributed by atoms with Crippen LogP contribution in [0.4, 0.5) is 10.1 Å². The second-order valence-corrected chi connectivity index (χ2v) is 5.31. The minimum Gasteiger partial charge on any atom is -0.322 e. The summed E-state index contributed by atoms with van der Waals surface area (Å²) in [5.74, 6) is -0.670. The number of benzene rings is 2. The van der Waals surface area contributed by atoms with Crippen LogP contribution in [0.5, 0.6) is 0 Å². The van der Waals surface area contributed by atoms with Crippen LogP contribution in [-0.2, 0) is 0 Å². The molecular weight excluding hydrogens is 333 g/mol. The first-order valence-corrected chi connectivity index (χ1v) is 6.67. The van der Waals surface area contributed by atoms with Gasteiger partial charge in [-0.15, -0.1) is 0 Å². The highest BCUT2D eigenvalue weighted by atomic mass is 79.9. The van der Waals surface area contributed by atoms with E-state index in [1.807, 2.05) is 6.92 Å². The molecular formula is C14H10BrClFNO. The molecule has 0 aromatic heterocycles. The number of anilines is 1. The third-order valence-electron chi connectivity index (χ3n) is 2.61. The molecule has 0 spiro atoms. The van der Waals surface area contributed by atoms with E-state index in [2.05, 4.69) is 21.2 Å². The Bertz CT molecular complexity index is 645. The summed E-state index contributed by atoms with van der Waals surface area (Å²) in [6.07, 6.45) is 0. The van der Waals surface area contributed by atoms with E-state index in [9.17, 15) is 9.18 Å². The second kappa shape index (κ2) is 5.72. The third kappa shape index (κ3) is 3.33. The van der Waals surface area contributed by atoms with Crippen molar-refractivity contribution in [1.82, 2.24) is 0 Å². The maximum Gasteiger partial charge on any atom is 0.255 e. The first kappa shape index (κ1) is 14.0. The highest BCUT2D eigenvalue weighted by molar-refractivity contribution is 9.10. The normalized spacial score (nSPS) is 10.3. The Labute approximate surface area is 123 Å². The molecule has 2 aromatic carbocycles. The van der Waals surface area contributed by atoms with E-state index >= 15 is 0 Å². The highest BCUT2D eigenvalue weighted by Gasteiger charge is 2.09. The lowest BCUT2D eigenvalue weighted by molar-refractivity contribution is 0.102. The molecule has 1 N–H and O–H groups in total. The van der Waals surface area contributed by atoms with Crippen LogP contribution in [0, 0.1) is 12.7 Å². The van der Waals surface area contributed by atoms with Gasteiger partial charge in [-0.3, -0.25) is 4.79 Å². The van der Waals surface area contributed by atoms with Gasteiger partial charge in [-0.05, 0) is 58.7 Å². The van der Waals surface area contributed by atoms with Crippen LogP contribution in [0.15, 0.2) is 40.9 Å². The number of amides is 1. The lowest BCUT2D eigenvalue weighted by Gasteiger charge is -2.07. The first-order valence-electron chi connectivity index (χ1n) is 5.50. The minimum atomic E-state index is -0.378. The van der Waals surface area contributed by atoms with E-state index in [4.69, 9.17) is 11.6 Å². The van der Waals surface area contributed by atoms with Crippen molar-refractivity contribution < 1.29 is 9.18 Å². The SMILES string of the molecule is Cc1ccc(C(=O)Nc2ccc(F)c(Br)c2)cc1Cl. The van der Waals surface area contributed by atoms with Gasteiger partial charge in [0, 0.05) is 16.3 Å². The van der Waals surface area contributed by atoms with Gasteiger partial charge >= 0.3 is 0 Å². The Hall–Kier alpha value is -1.39. The summed E-state index contributed by atoms with van der Waals surface area (Å²) >= 11 is 9.04. The molecule has 1 amide bonds. The summed E-state index contributed by atoms with van der Waals surface area (Å²) in [4.78, 5) is 12.0. The molecule has 0 heterocycles. The molecule has 0 aliphatic carbocycles. The molecule has 2 nitrogen and oxygen atoms in total. The zero-order valence-corrected chi connectivity index (χ0v) is 12.3. The summed E-state index contributed by atoms with van der Waals surface area (Å²) < 4.78 is 13.4. The zero-order chi connectivity index (χ0) is 14.0. The van der Waals surface area contributed by atoms with Gasteiger partial charge in [-0.1, -0.05) is 17.7 Å². The molecule has 0 aliphatic rings. The van der Waals surface area contributed by atoms with E-state index in [0.29, 0.717) is 20.7 Å². The molecule has 0 saturated heterocycles. The van der Waals surface area contributed by atoms with Crippen LogP contribution in [0.2, 0.25) is 5.02 Å². The maximum atomic E-state index is 13.1. The van der Waals surface area contributed by atoms with Gasteiger partial charge in [-0.25, -0.2) is 4.39 Å². The lowest BCUT2D eigenvalue weighted by Crippen LogP contribution is -2.12. The first-order chi connectivity index (χ1) is 8.97. The Balaban J connectivity index is 2.20. The Kier molecular flexibility index (Phi) is 4.22. The maximum absolute atomic E-state index is 13.1. The summed E-state index contributed by atoms with van der Waals surface area (Å²) in [6.45, 7) is 1.86. The predicted molar refractivity (Wildman–Crippen MR) is 78.2 cm³/mol. The molecule has 5 heteroatoms. The molecule has 98 valence electrons. The molecule has 0 aliphatic heterocycles. The fourth-order valence-corrected chi connectivity index (χ4v) is 2.07. The number of halogens is 3. The molecule has 0 radical (unpaired) electrons. The number of nitrogens with one attached hydrogen (secondary N) is 1. The van der Waals surface area contributed by atoms with Crippen LogP contribution in [-0.4, -0.2) is 5.91 Å². The topological polar surface area (TPSA) is 29.1 Å². The summed E-state index contributed by atoms with van der Waals surface area (Å²) in [5.41, 5.74) is 1.87. The van der Waals surface area contributed by atoms with Crippen molar-refractivity contribution >= 4 is 39.1 Å². The molecule has 2 aromatic rings. The van der Waals surface area contributed by atoms with Crippen LogP contribution in [0.3, 0.4) is 0 Å². The predicted octanol–water partition coefficient (Wildman–Crippen LogP) is 4.80. The van der Waals surface area contributed by atoms with Crippen LogP contribution < -0.4 is 5.32 Å². The quantitative estimate of drug-likeness (QED) is 0.834. The largest absolute Gasteiger partial charge is 0.322 e. The molecule has 0 fully saturated rings. The van der Waals surface area contributed by atoms with Crippen LogP contribution in [0.1, 0.15) is 15.9 Å². The van der Waals surface area contributed by atoms with E-state index in [1.54, 1.807) is 18.2 Å². The highest BCUT2D eigenvalue weighted by Crippen LogP contribution is 2.21. The average Bonchev–Trinajstić information content (AvgIpc) is 2.37. The summed E-state index contributed by atoms with van der Waals surface area (Å²) in [5, 5.41) is 3.21. The van der Waals surface area contributed by atoms with Gasteiger partial charge in [0.15, 0.2) is 0 Å². The van der Waals surface area contributed by atoms with Crippen molar-refractivity contribution in [1.29, 1.82) is 0 Å². The fraction of sp³-hybridized carbons (Fsp3) is 0.0714. The fourth-order valence-electron chi connectivity index (χ4n) is 1.51. The molecule has 19 heavy (non-hydrogen) atoms. The molecule has 0 saturated carbocycles. The number of carbonyl (C=O) groups is 1. The molecule has 2 rings (SSSR count). The van der Waals surface area contributed by atoms with Gasteiger partial charge in [0.1, 0.15) is 5.82 Å². The van der Waals surface area contributed by atoms with Crippen molar-refractivity contribution in [3.8, 4) is 0 Å². The number of carbonyl (C=O) groups excluding carboxylic acids is 1. The van der Waals surface area contributed by atoms with Gasteiger partial charge in [0.2, 0.25) is 0 Å². The van der Waals surface area contributed by atoms with E-state index in [0.717, 1.165) is 5.56 Å². The lowest BCUT2D eigenvalue weighted by atomic mass is 10.1. The van der Waals surface area contributed by atoms with Crippen molar-refractivity contribution in [2.75, 3.05) is 5.32 Å². The molecule has 0 unspecified atom stereocenters. The van der Waals surface area contributed by atoms with Crippen LogP contribution >= 0.6 is 27.5 Å². The standard InChI is InChI=1S/C14H10BrClFNO/c1-8-2-3-9(6-12(8)16)14(19)18-10-4-5-13(17)11(15)7-10/h2-7H,1H3,(H,18,19). The summed E-state index contributed by atoms with van der Waals surface area (Å²) in [7, 11) is 0. The molecule has 0 bridgehead atoms. The van der Waals surface area contributed by atoms with Crippen molar-refractivity contribution in [3.63, 3.8) is 0 Å². The average molecular weight is 343 g/mol. The van der Waals surface area contributed by atoms with Gasteiger partial charge in [0.25, 0.3) is 5.91 Å². The monoisotopic (exact) mass is 341 g/mol. The molecule has 0 atom stereocenters. The van der Waals surface area contributed by atoms with E-state index in [1.165, 1.54) is 18.2 Å². The Morgan fingerprint density at radius 3 is 2.63 bits per heavy atom. The van der Waals surface area contributed by atoms with Gasteiger partial charge < -0.3 is 5.32 Å². The number of hydrogen-bond donors (Lipinski definition) is 1. The number of hydrogen-bond acceptors (Lipinski definition) is 1. The van der Waals surface area contributed by atoms with E-state index < -0.39 is 0 Å². The second-order valence-electron chi connectivity index (χ2n) is 4.05. The number of rotatable bonds is 2.